The Morgan fingerprint density at radius 1 is 0.431 bits per heavy atom. The summed E-state index contributed by atoms with van der Waals surface area (Å²) in [5.74, 6) is -0.936. The SMILES string of the molecule is CC1CC(NC(=O)C(O)CCNC(=O)OC(C)(C)C)C(OC2OCC(C)(O)C(N(C)C(=O)OC(C)(C)C)C2O)C(O)C1OC1OC(CCCCO)=CCC1NC(=O)OC(C)(C)C.CNC1C(O)C(OC2C(NC(=O)C(O)CCN)CC(N)C(OC3OC(CCCCO)=CCC3N)C2O)OCC1(C)O.CNC1C(O)C(OC2C(NC(=O)C(O)CCN)CC(N)C(OC3OC(CCCCO)=CCC3N)C2O)OCC1(C)O. The van der Waals surface area contributed by atoms with Crippen LogP contribution in [0.4, 0.5) is 14.4 Å². The zero-order valence-corrected chi connectivity index (χ0v) is 86.1. The van der Waals surface area contributed by atoms with Crippen LogP contribution >= 0.6 is 0 Å². The highest BCUT2D eigenvalue weighted by atomic mass is 16.7. The number of nitrogens with one attached hydrogen (secondary N) is 7. The Labute approximate surface area is 842 Å². The monoisotopic (exact) mass is 2070 g/mol. The number of amides is 6. The average molecular weight is 2070 g/mol. The molecular weight excluding hydrogens is 1900 g/mol. The maximum atomic E-state index is 13.5. The first-order chi connectivity index (χ1) is 67.4. The second-order valence-corrected chi connectivity index (χ2v) is 42.3. The van der Waals surface area contributed by atoms with Crippen molar-refractivity contribution in [3.63, 3.8) is 0 Å². The Hall–Kier alpha value is -6.44. The summed E-state index contributed by atoms with van der Waals surface area (Å²) < 4.78 is 88.7. The summed E-state index contributed by atoms with van der Waals surface area (Å²) >= 11 is 0. The maximum absolute atomic E-state index is 13.5. The van der Waals surface area contributed by atoms with Crippen molar-refractivity contribution < 1.29 is 176 Å². The fourth-order valence-electron chi connectivity index (χ4n) is 18.5. The Kier molecular flexibility index (Phi) is 48.9. The standard InChI is InChI=1S/C42H74N4O16.2C26H49N5O10/c1-23-21-26(44-33(51)27(48)18-19-43-36(52)60-39(2,3)4)31(59-35-29(50)32(42(11,55)22-56-35)46(12)38(54)62-41(8,9)10)28(49)30(23)58-34-25(45-37(53)61-40(5,6)7)17-16-24(57-34)15-13-14-20-47;2*1-26(37)12-38-25(19(35)22(26)30-2)41-21-16(31-23(36)17(33)8-9-27)11-15(29)20(18(21)34)40-24-14(28)7-6-13(39-24)5-3-4-10-32/h16,23,25-32,34-35,47-50,55H,13-15,17-22H2,1-12H3,(H,43,52)(H,44,51)(H,45,53);2*6,14-22,24-25,30,32-35,37H,3-5,7-12,27-29H2,1-2H3,(H,31,36). The van der Waals surface area contributed by atoms with Crippen LogP contribution in [0.15, 0.2) is 35.5 Å². The predicted octanol–water partition coefficient (Wildman–Crippen LogP) is -5.25. The van der Waals surface area contributed by atoms with Crippen molar-refractivity contribution in [3.05, 3.63) is 35.5 Å². The minimum Gasteiger partial charge on any atom is -0.468 e. The van der Waals surface area contributed by atoms with E-state index in [4.69, 9.17) is 116 Å². The van der Waals surface area contributed by atoms with Gasteiger partial charge in [-0.05, 0) is 231 Å². The first-order valence-corrected chi connectivity index (χ1v) is 49.9. The maximum Gasteiger partial charge on any atom is 0.410 e. The van der Waals surface area contributed by atoms with Gasteiger partial charge in [0, 0.05) is 64.8 Å². The second kappa shape index (κ2) is 56.6. The van der Waals surface area contributed by atoms with E-state index >= 15 is 0 Å². The zero-order chi connectivity index (χ0) is 108. The lowest BCUT2D eigenvalue weighted by Crippen LogP contribution is -2.69. The second-order valence-electron chi connectivity index (χ2n) is 42.3. The Morgan fingerprint density at radius 3 is 1.15 bits per heavy atom. The molecule has 3 aliphatic carbocycles. The molecule has 0 aromatic carbocycles. The summed E-state index contributed by atoms with van der Waals surface area (Å²) in [6.07, 6.45) is -17.4. The van der Waals surface area contributed by atoms with Crippen LogP contribution < -0.4 is 71.6 Å². The molecule has 3 saturated heterocycles. The molecule has 0 aromatic rings. The third-order valence-electron chi connectivity index (χ3n) is 25.9. The van der Waals surface area contributed by atoms with Crippen LogP contribution in [0.25, 0.3) is 0 Å². The van der Waals surface area contributed by atoms with Crippen molar-refractivity contribution >= 4 is 36.0 Å². The molecule has 6 fully saturated rings. The minimum atomic E-state index is -1.79. The largest absolute Gasteiger partial charge is 0.468 e. The number of aliphatic hydroxyl groups is 15. The number of allylic oxidation sites excluding steroid dienone is 3. The van der Waals surface area contributed by atoms with Crippen LogP contribution in [0.2, 0.25) is 0 Å². The molecular formula is C94H172N14O36. The fourth-order valence-corrected chi connectivity index (χ4v) is 18.5. The molecule has 6 aliphatic heterocycles. The highest BCUT2D eigenvalue weighted by molar-refractivity contribution is 5.82. The van der Waals surface area contributed by atoms with Gasteiger partial charge in [-0.1, -0.05) is 6.92 Å². The zero-order valence-electron chi connectivity index (χ0n) is 86.1. The molecule has 50 heteroatoms. The number of carbonyl (C=O) groups excluding carboxylic acids is 6. The topological polar surface area (TPSA) is 788 Å². The fraction of sp³-hybridized carbons (Fsp3) is 0.872. The molecule has 9 aliphatic rings. The normalized spacial score (nSPS) is 36.4. The molecule has 36 unspecified atom stereocenters. The first-order valence-electron chi connectivity index (χ1n) is 49.9. The minimum absolute atomic E-state index is 0.00407. The number of carbonyl (C=O) groups is 6. The van der Waals surface area contributed by atoms with E-state index in [2.05, 4.69) is 37.2 Å². The van der Waals surface area contributed by atoms with Crippen molar-refractivity contribution in [2.75, 3.05) is 80.4 Å². The average Bonchev–Trinajstić information content (AvgIpc) is 0.782. The quantitative estimate of drug-likeness (QED) is 0.0201. The molecule has 34 N–H and O–H groups in total. The number of unbranched alkanes of at least 4 members (excludes halogenated alkanes) is 3. The molecule has 0 radical (unpaired) electrons. The van der Waals surface area contributed by atoms with Crippen molar-refractivity contribution in [3.8, 4) is 0 Å². The van der Waals surface area contributed by atoms with Crippen molar-refractivity contribution in [2.45, 2.75) is 435 Å². The van der Waals surface area contributed by atoms with Crippen LogP contribution in [0.5, 0.6) is 0 Å². The lowest BCUT2D eigenvalue weighted by Gasteiger charge is -2.50. The summed E-state index contributed by atoms with van der Waals surface area (Å²) in [6, 6.07) is -9.28. The number of nitrogens with zero attached hydrogens (tertiary/aromatic N) is 1. The van der Waals surface area contributed by atoms with Gasteiger partial charge in [0.15, 0.2) is 18.9 Å². The summed E-state index contributed by atoms with van der Waals surface area (Å²) in [6.45, 7) is 20.8. The predicted molar refractivity (Wildman–Crippen MR) is 513 cm³/mol. The van der Waals surface area contributed by atoms with E-state index in [1.165, 1.54) is 27.8 Å². The number of rotatable bonds is 41. The third kappa shape index (κ3) is 36.7. The van der Waals surface area contributed by atoms with Crippen molar-refractivity contribution in [1.29, 1.82) is 0 Å². The van der Waals surface area contributed by atoms with Gasteiger partial charge in [0.1, 0.15) is 119 Å². The van der Waals surface area contributed by atoms with Gasteiger partial charge in [0.2, 0.25) is 36.6 Å². The molecule has 144 heavy (non-hydrogen) atoms. The van der Waals surface area contributed by atoms with Gasteiger partial charge in [-0.25, -0.2) is 14.4 Å². The van der Waals surface area contributed by atoms with Gasteiger partial charge >= 0.3 is 18.3 Å². The number of alkyl carbamates (subject to hydrolysis) is 2. The Bertz CT molecular complexity index is 3880. The Morgan fingerprint density at radius 2 is 0.771 bits per heavy atom. The number of ether oxygens (including phenoxy) is 15. The summed E-state index contributed by atoms with van der Waals surface area (Å²) in [5, 5.41) is 179. The van der Waals surface area contributed by atoms with Crippen LogP contribution in [0.1, 0.15) is 206 Å². The molecule has 0 aromatic heterocycles. The van der Waals surface area contributed by atoms with Gasteiger partial charge in [0.05, 0.1) is 97.6 Å². The van der Waals surface area contributed by atoms with Gasteiger partial charge < -0.3 is 224 Å². The molecule has 9 rings (SSSR count). The Balaban J connectivity index is 0.000000303. The van der Waals surface area contributed by atoms with Crippen molar-refractivity contribution in [1.82, 2.24) is 42.1 Å². The van der Waals surface area contributed by atoms with Gasteiger partial charge in [-0.15, -0.1) is 0 Å². The van der Waals surface area contributed by atoms with E-state index in [0.29, 0.717) is 87.9 Å². The molecule has 50 nitrogen and oxygen atoms in total. The van der Waals surface area contributed by atoms with E-state index < -0.39 is 278 Å². The van der Waals surface area contributed by atoms with E-state index in [1.54, 1.807) is 83.3 Å². The highest BCUT2D eigenvalue weighted by Gasteiger charge is 2.58. The van der Waals surface area contributed by atoms with Gasteiger partial charge in [-0.3, -0.25) is 14.4 Å². The summed E-state index contributed by atoms with van der Waals surface area (Å²) in [5.41, 5.74) is 29.3. The number of aliphatic hydroxyl groups excluding tert-OH is 12. The molecule has 834 valence electrons. The number of hydrogen-bond donors (Lipinski definition) is 28. The molecule has 3 saturated carbocycles. The molecule has 6 heterocycles. The van der Waals surface area contributed by atoms with Crippen LogP contribution in [-0.2, 0) is 85.4 Å². The molecule has 0 spiro atoms. The van der Waals surface area contributed by atoms with Crippen LogP contribution in [-0.4, -0.2) is 427 Å². The number of nitrogens with two attached hydrogens (primary N) is 6. The molecule has 36 atom stereocenters. The lowest BCUT2D eigenvalue weighted by atomic mass is 9.79. The van der Waals surface area contributed by atoms with E-state index in [0.717, 1.165) is 4.90 Å². The van der Waals surface area contributed by atoms with Crippen molar-refractivity contribution in [2.24, 2.45) is 40.3 Å². The van der Waals surface area contributed by atoms with E-state index in [9.17, 15) is 95.2 Å². The number of likely N-dealkylation sites (N-methyl/N-ethyl adjacent to an activating group) is 3. The lowest BCUT2D eigenvalue weighted by molar-refractivity contribution is -0.313. The summed E-state index contributed by atoms with van der Waals surface area (Å²) in [4.78, 5) is 78.1. The summed E-state index contributed by atoms with van der Waals surface area (Å²) in [7, 11) is 4.50. The van der Waals surface area contributed by atoms with Gasteiger partial charge in [-0.2, -0.15) is 0 Å². The highest BCUT2D eigenvalue weighted by Crippen LogP contribution is 2.41. The smallest absolute Gasteiger partial charge is 0.410 e. The first kappa shape index (κ1) is 124. The van der Waals surface area contributed by atoms with E-state index in [-0.39, 0.29) is 97.6 Å². The molecule has 0 bridgehead atoms. The van der Waals surface area contributed by atoms with E-state index in [1.807, 2.05) is 18.2 Å². The van der Waals surface area contributed by atoms with Crippen LogP contribution in [0.3, 0.4) is 0 Å². The third-order valence-corrected chi connectivity index (χ3v) is 25.9. The molecule has 6 amide bonds. The number of hydrogen-bond acceptors (Lipinski definition) is 44. The van der Waals surface area contributed by atoms with Gasteiger partial charge in [0.25, 0.3) is 0 Å². The van der Waals surface area contributed by atoms with Crippen LogP contribution in [0, 0.1) is 5.92 Å².